The Morgan fingerprint density at radius 2 is 2.16 bits per heavy atom. The number of hydrogen-bond acceptors (Lipinski definition) is 6. The van der Waals surface area contributed by atoms with Gasteiger partial charge in [-0.3, -0.25) is 14.4 Å². The van der Waals surface area contributed by atoms with Crippen molar-refractivity contribution in [3.63, 3.8) is 0 Å². The summed E-state index contributed by atoms with van der Waals surface area (Å²) in [5.41, 5.74) is 5.08. The second-order valence-corrected chi connectivity index (χ2v) is 6.43. The zero-order valence-corrected chi connectivity index (χ0v) is 14.6. The molecule has 0 radical (unpaired) electrons. The van der Waals surface area contributed by atoms with Crippen molar-refractivity contribution in [1.82, 2.24) is 5.32 Å². The number of aliphatic carboxylic acids is 1. The van der Waals surface area contributed by atoms with Gasteiger partial charge in [0.2, 0.25) is 0 Å². The van der Waals surface area contributed by atoms with Crippen LogP contribution in [0.4, 0.5) is 0 Å². The lowest BCUT2D eigenvalue weighted by atomic mass is 9.74. The maximum absolute atomic E-state index is 13.1. The van der Waals surface area contributed by atoms with E-state index < -0.39 is 36.0 Å². The average molecular weight is 369 g/mol. The van der Waals surface area contributed by atoms with Crippen molar-refractivity contribution < 1.29 is 24.2 Å². The first-order valence-corrected chi connectivity index (χ1v) is 8.35. The van der Waals surface area contributed by atoms with Crippen LogP contribution in [0.2, 0.25) is 5.02 Å². The fraction of sp³-hybridized carbons (Fsp3) is 0.471. The molecule has 0 aliphatic heterocycles. The highest BCUT2D eigenvalue weighted by atomic mass is 35.5. The Bertz CT molecular complexity index is 681. The number of rotatable bonds is 6. The van der Waals surface area contributed by atoms with Crippen molar-refractivity contribution in [3.05, 3.63) is 34.9 Å². The third-order valence-electron chi connectivity index (χ3n) is 4.45. The van der Waals surface area contributed by atoms with E-state index in [1.165, 1.54) is 0 Å². The molecule has 0 spiro atoms. The Balaban J connectivity index is 2.23. The number of hydrogen-bond donors (Lipinski definition) is 3. The summed E-state index contributed by atoms with van der Waals surface area (Å²) in [6, 6.07) is 5.70. The van der Waals surface area contributed by atoms with Gasteiger partial charge in [0.25, 0.3) is 0 Å². The third-order valence-corrected chi connectivity index (χ3v) is 4.78. The first-order valence-electron chi connectivity index (χ1n) is 7.98. The molecule has 1 aliphatic carbocycles. The number of nitrogens with two attached hydrogens (primary N) is 1. The van der Waals surface area contributed by atoms with Crippen molar-refractivity contribution >= 4 is 29.3 Å². The number of Topliss-reactive ketones (excluding diaryl/α,β-unsaturated/α-hetero) is 1. The van der Waals surface area contributed by atoms with Gasteiger partial charge in [-0.15, -0.1) is 0 Å². The Kier molecular flexibility index (Phi) is 6.16. The van der Waals surface area contributed by atoms with Crippen molar-refractivity contribution in [3.8, 4) is 0 Å². The summed E-state index contributed by atoms with van der Waals surface area (Å²) >= 11 is 6.27. The van der Waals surface area contributed by atoms with E-state index in [1.54, 1.807) is 31.3 Å². The molecule has 2 rings (SSSR count). The molecule has 0 unspecified atom stereocenters. The van der Waals surface area contributed by atoms with E-state index >= 15 is 0 Å². The first kappa shape index (κ1) is 19.4. The molecule has 4 N–H and O–H groups in total. The summed E-state index contributed by atoms with van der Waals surface area (Å²) in [7, 11) is 1.65. The number of benzene rings is 1. The molecule has 0 amide bonds. The molecule has 1 aromatic carbocycles. The number of esters is 1. The number of likely N-dealkylation sites (N-methyl/N-ethyl adjacent to an activating group) is 1. The normalized spacial score (nSPS) is 24.6. The molecule has 1 aliphatic rings. The molecule has 25 heavy (non-hydrogen) atoms. The molecule has 136 valence electrons. The molecule has 1 saturated carbocycles. The summed E-state index contributed by atoms with van der Waals surface area (Å²) in [6.45, 7) is 0. The van der Waals surface area contributed by atoms with E-state index in [2.05, 4.69) is 5.32 Å². The Morgan fingerprint density at radius 1 is 1.48 bits per heavy atom. The van der Waals surface area contributed by atoms with Gasteiger partial charge in [0.05, 0.1) is 6.42 Å². The number of nitrogens with one attached hydrogen (secondary N) is 1. The minimum Gasteiger partial charge on any atom is -0.481 e. The SMILES string of the molecule is CN[C@@]1(c2ccccc2Cl)CCC[C@H](OC(=O)[C@@H](N)CC(=O)O)C1=O. The number of ether oxygens (including phenoxy) is 1. The number of ketones is 1. The lowest BCUT2D eigenvalue weighted by molar-refractivity contribution is -0.162. The van der Waals surface area contributed by atoms with Gasteiger partial charge in [-0.2, -0.15) is 0 Å². The van der Waals surface area contributed by atoms with Gasteiger partial charge < -0.3 is 20.9 Å². The molecule has 0 aromatic heterocycles. The van der Waals surface area contributed by atoms with Crippen LogP contribution in [0, 0.1) is 0 Å². The number of carbonyl (C=O) groups is 3. The van der Waals surface area contributed by atoms with Gasteiger partial charge in [0.15, 0.2) is 11.9 Å². The van der Waals surface area contributed by atoms with Crippen LogP contribution in [-0.2, 0) is 24.7 Å². The summed E-state index contributed by atoms with van der Waals surface area (Å²) in [5, 5.41) is 12.2. The molecule has 8 heteroatoms. The standard InChI is InChI=1S/C17H21ClN2O5/c1-20-17(10-5-2-3-6-11(10)18)8-4-7-13(15(17)23)25-16(24)12(19)9-14(21)22/h2-3,5-6,12-13,20H,4,7-9,19H2,1H3,(H,21,22)/t12-,13-,17+/m0/s1. The third kappa shape index (κ3) is 4.00. The van der Waals surface area contributed by atoms with Crippen LogP contribution in [0.25, 0.3) is 0 Å². The number of carbonyl (C=O) groups excluding carboxylic acids is 2. The minimum absolute atomic E-state index is 0.315. The average Bonchev–Trinajstić information content (AvgIpc) is 2.57. The molecule has 1 fully saturated rings. The van der Waals surface area contributed by atoms with Crippen LogP contribution < -0.4 is 11.1 Å². The Labute approximate surface area is 150 Å². The van der Waals surface area contributed by atoms with Gasteiger partial charge in [0.1, 0.15) is 11.6 Å². The highest BCUT2D eigenvalue weighted by Crippen LogP contribution is 2.38. The van der Waals surface area contributed by atoms with E-state index in [9.17, 15) is 14.4 Å². The highest BCUT2D eigenvalue weighted by Gasteiger charge is 2.47. The molecular weight excluding hydrogens is 348 g/mol. The van der Waals surface area contributed by atoms with Gasteiger partial charge in [-0.1, -0.05) is 29.8 Å². The van der Waals surface area contributed by atoms with Crippen molar-refractivity contribution in [2.24, 2.45) is 5.73 Å². The summed E-state index contributed by atoms with van der Waals surface area (Å²) in [5.74, 6) is -2.42. The van der Waals surface area contributed by atoms with Crippen LogP contribution in [0.15, 0.2) is 24.3 Å². The zero-order chi connectivity index (χ0) is 18.6. The molecular formula is C17H21ClN2O5. The number of carboxylic acid groups (broad SMARTS) is 1. The lowest BCUT2D eigenvalue weighted by Gasteiger charge is -2.39. The second-order valence-electron chi connectivity index (χ2n) is 6.02. The topological polar surface area (TPSA) is 119 Å². The number of halogens is 1. The smallest absolute Gasteiger partial charge is 0.324 e. The minimum atomic E-state index is -1.31. The second kappa shape index (κ2) is 7.95. The van der Waals surface area contributed by atoms with Crippen molar-refractivity contribution in [2.75, 3.05) is 7.05 Å². The van der Waals surface area contributed by atoms with Gasteiger partial charge >= 0.3 is 11.9 Å². The van der Waals surface area contributed by atoms with Crippen LogP contribution in [-0.4, -0.2) is 42.0 Å². The van der Waals surface area contributed by atoms with Crippen molar-refractivity contribution in [1.29, 1.82) is 0 Å². The zero-order valence-electron chi connectivity index (χ0n) is 13.8. The lowest BCUT2D eigenvalue weighted by Crippen LogP contribution is -2.56. The van der Waals surface area contributed by atoms with Gasteiger partial charge in [-0.05, 0) is 37.9 Å². The predicted octanol–water partition coefficient (Wildman–Crippen LogP) is 1.22. The van der Waals surface area contributed by atoms with Crippen LogP contribution in [0.1, 0.15) is 31.2 Å². The molecule has 0 heterocycles. The van der Waals surface area contributed by atoms with Crippen LogP contribution in [0.3, 0.4) is 0 Å². The maximum atomic E-state index is 13.1. The summed E-state index contributed by atoms with van der Waals surface area (Å²) < 4.78 is 5.22. The maximum Gasteiger partial charge on any atom is 0.324 e. The molecule has 0 bridgehead atoms. The van der Waals surface area contributed by atoms with E-state index in [0.29, 0.717) is 29.8 Å². The Morgan fingerprint density at radius 3 is 2.76 bits per heavy atom. The fourth-order valence-corrected chi connectivity index (χ4v) is 3.45. The van der Waals surface area contributed by atoms with Crippen LogP contribution >= 0.6 is 11.6 Å². The predicted molar refractivity (Wildman–Crippen MR) is 91.2 cm³/mol. The Hall–Kier alpha value is -1.96. The quantitative estimate of drug-likeness (QED) is 0.646. The van der Waals surface area contributed by atoms with Gasteiger partial charge in [-0.25, -0.2) is 0 Å². The van der Waals surface area contributed by atoms with E-state index in [4.69, 9.17) is 27.2 Å². The summed E-state index contributed by atoms with van der Waals surface area (Å²) in [4.78, 5) is 35.7. The van der Waals surface area contributed by atoms with E-state index in [0.717, 1.165) is 0 Å². The summed E-state index contributed by atoms with van der Waals surface area (Å²) in [6.07, 6.45) is -0.0462. The highest BCUT2D eigenvalue weighted by molar-refractivity contribution is 6.31. The number of carboxylic acids is 1. The molecule has 7 nitrogen and oxygen atoms in total. The first-order chi connectivity index (χ1) is 11.8. The largest absolute Gasteiger partial charge is 0.481 e. The van der Waals surface area contributed by atoms with Gasteiger partial charge in [0, 0.05) is 5.02 Å². The van der Waals surface area contributed by atoms with E-state index in [-0.39, 0.29) is 5.78 Å². The molecule has 0 saturated heterocycles. The fourth-order valence-electron chi connectivity index (χ4n) is 3.15. The van der Waals surface area contributed by atoms with Crippen molar-refractivity contribution in [2.45, 2.75) is 43.4 Å². The monoisotopic (exact) mass is 368 g/mol. The molecule has 1 aromatic rings. The van der Waals surface area contributed by atoms with E-state index in [1.807, 2.05) is 0 Å². The van der Waals surface area contributed by atoms with Crippen LogP contribution in [0.5, 0.6) is 0 Å². The molecule has 3 atom stereocenters.